The van der Waals surface area contributed by atoms with Crippen LogP contribution in [0.4, 0.5) is 0 Å². The first-order valence-electron chi connectivity index (χ1n) is 8.05. The predicted octanol–water partition coefficient (Wildman–Crippen LogP) is 2.86. The van der Waals surface area contributed by atoms with E-state index in [1.807, 2.05) is 18.2 Å². The molecule has 2 aromatic carbocycles. The molecular weight excluding hydrogens is 300 g/mol. The van der Waals surface area contributed by atoms with Gasteiger partial charge in [-0.05, 0) is 48.1 Å². The van der Waals surface area contributed by atoms with Crippen molar-refractivity contribution >= 4 is 17.9 Å². The zero-order valence-corrected chi connectivity index (χ0v) is 13.3. The lowest BCUT2D eigenvalue weighted by Gasteiger charge is -2.36. The second-order valence-electron chi connectivity index (χ2n) is 6.10. The fraction of sp³-hybridized carbons (Fsp3) is 0.200. The van der Waals surface area contributed by atoms with Crippen LogP contribution in [0, 0.1) is 0 Å². The molecule has 3 rings (SSSR count). The van der Waals surface area contributed by atoms with E-state index in [1.165, 1.54) is 11.6 Å². The number of benzene rings is 2. The van der Waals surface area contributed by atoms with Gasteiger partial charge < -0.3 is 11.1 Å². The Morgan fingerprint density at radius 3 is 2.29 bits per heavy atom. The second kappa shape index (κ2) is 7.13. The first kappa shape index (κ1) is 16.0. The van der Waals surface area contributed by atoms with Gasteiger partial charge in [-0.1, -0.05) is 42.5 Å². The SMILES string of the molecule is NC(=O)c1ccc(C=CC(=O)NC2CC(c3ccccc3)C2)cc1. The third kappa shape index (κ3) is 3.90. The van der Waals surface area contributed by atoms with Crippen molar-refractivity contribution in [2.24, 2.45) is 5.73 Å². The van der Waals surface area contributed by atoms with Crippen molar-refractivity contribution in [1.82, 2.24) is 5.32 Å². The van der Waals surface area contributed by atoms with Crippen LogP contribution in [-0.2, 0) is 4.79 Å². The molecule has 0 radical (unpaired) electrons. The minimum absolute atomic E-state index is 0.0921. The second-order valence-corrected chi connectivity index (χ2v) is 6.10. The summed E-state index contributed by atoms with van der Waals surface area (Å²) >= 11 is 0. The Balaban J connectivity index is 1.47. The van der Waals surface area contributed by atoms with Crippen molar-refractivity contribution in [3.05, 3.63) is 77.4 Å². The summed E-state index contributed by atoms with van der Waals surface area (Å²) in [6.07, 6.45) is 5.22. The quantitative estimate of drug-likeness (QED) is 0.832. The number of rotatable bonds is 5. The molecule has 0 atom stereocenters. The van der Waals surface area contributed by atoms with Gasteiger partial charge in [-0.2, -0.15) is 0 Å². The molecule has 1 aliphatic rings. The lowest BCUT2D eigenvalue weighted by molar-refractivity contribution is -0.117. The van der Waals surface area contributed by atoms with Crippen LogP contribution in [0.3, 0.4) is 0 Å². The molecule has 0 bridgehead atoms. The van der Waals surface area contributed by atoms with Gasteiger partial charge in [0.25, 0.3) is 0 Å². The van der Waals surface area contributed by atoms with Gasteiger partial charge in [0.05, 0.1) is 0 Å². The van der Waals surface area contributed by atoms with E-state index in [1.54, 1.807) is 30.3 Å². The zero-order chi connectivity index (χ0) is 16.9. The van der Waals surface area contributed by atoms with Gasteiger partial charge in [-0.25, -0.2) is 0 Å². The maximum Gasteiger partial charge on any atom is 0.248 e. The molecule has 0 spiro atoms. The smallest absolute Gasteiger partial charge is 0.248 e. The number of nitrogens with one attached hydrogen (secondary N) is 1. The fourth-order valence-corrected chi connectivity index (χ4v) is 2.91. The molecule has 2 amide bonds. The van der Waals surface area contributed by atoms with Crippen molar-refractivity contribution in [2.45, 2.75) is 24.8 Å². The summed E-state index contributed by atoms with van der Waals surface area (Å²) in [5, 5.41) is 3.02. The van der Waals surface area contributed by atoms with Gasteiger partial charge in [0.2, 0.25) is 11.8 Å². The minimum atomic E-state index is -0.457. The molecule has 0 aliphatic heterocycles. The first-order valence-corrected chi connectivity index (χ1v) is 8.05. The van der Waals surface area contributed by atoms with Crippen LogP contribution in [0.25, 0.3) is 6.08 Å². The van der Waals surface area contributed by atoms with Gasteiger partial charge in [0.15, 0.2) is 0 Å². The zero-order valence-electron chi connectivity index (χ0n) is 13.3. The molecule has 1 saturated carbocycles. The summed E-state index contributed by atoms with van der Waals surface area (Å²) in [5.74, 6) is -0.00598. The molecule has 1 aliphatic carbocycles. The van der Waals surface area contributed by atoms with Crippen LogP contribution >= 0.6 is 0 Å². The van der Waals surface area contributed by atoms with E-state index >= 15 is 0 Å². The highest BCUT2D eigenvalue weighted by Crippen LogP contribution is 2.36. The average Bonchev–Trinajstić information content (AvgIpc) is 2.57. The van der Waals surface area contributed by atoms with Gasteiger partial charge in [0, 0.05) is 17.7 Å². The first-order chi connectivity index (χ1) is 11.6. The van der Waals surface area contributed by atoms with Crippen LogP contribution in [0.1, 0.15) is 40.2 Å². The fourth-order valence-electron chi connectivity index (χ4n) is 2.91. The summed E-state index contributed by atoms with van der Waals surface area (Å²) in [5.41, 5.74) is 7.84. The van der Waals surface area contributed by atoms with E-state index < -0.39 is 5.91 Å². The Hall–Kier alpha value is -2.88. The maximum atomic E-state index is 12.0. The number of nitrogens with two attached hydrogens (primary N) is 1. The highest BCUT2D eigenvalue weighted by atomic mass is 16.1. The van der Waals surface area contributed by atoms with Gasteiger partial charge in [-0.15, -0.1) is 0 Å². The number of carbonyl (C=O) groups excluding carboxylic acids is 2. The number of primary amides is 1. The number of amides is 2. The normalized spacial score (nSPS) is 19.7. The topological polar surface area (TPSA) is 72.2 Å². The standard InChI is InChI=1S/C20H20N2O2/c21-20(24)16-9-6-14(7-10-16)8-11-19(23)22-18-12-17(13-18)15-4-2-1-3-5-15/h1-11,17-18H,12-13H2,(H2,21,24)(H,22,23). The summed E-state index contributed by atoms with van der Waals surface area (Å²) in [4.78, 5) is 23.0. The van der Waals surface area contributed by atoms with E-state index in [0.717, 1.165) is 18.4 Å². The van der Waals surface area contributed by atoms with E-state index in [0.29, 0.717) is 11.5 Å². The summed E-state index contributed by atoms with van der Waals surface area (Å²) in [6, 6.07) is 17.5. The van der Waals surface area contributed by atoms with Crippen LogP contribution < -0.4 is 11.1 Å². The molecular formula is C20H20N2O2. The van der Waals surface area contributed by atoms with Crippen LogP contribution in [-0.4, -0.2) is 17.9 Å². The largest absolute Gasteiger partial charge is 0.366 e. The van der Waals surface area contributed by atoms with Crippen molar-refractivity contribution in [1.29, 1.82) is 0 Å². The monoisotopic (exact) mass is 320 g/mol. The highest BCUT2D eigenvalue weighted by Gasteiger charge is 2.30. The summed E-state index contributed by atoms with van der Waals surface area (Å²) in [6.45, 7) is 0. The van der Waals surface area contributed by atoms with Gasteiger partial charge in [-0.3, -0.25) is 9.59 Å². The van der Waals surface area contributed by atoms with Crippen LogP contribution in [0.15, 0.2) is 60.7 Å². The molecule has 0 aromatic heterocycles. The minimum Gasteiger partial charge on any atom is -0.366 e. The van der Waals surface area contributed by atoms with E-state index in [9.17, 15) is 9.59 Å². The average molecular weight is 320 g/mol. The van der Waals surface area contributed by atoms with E-state index in [2.05, 4.69) is 17.4 Å². The molecule has 0 unspecified atom stereocenters. The molecule has 4 heteroatoms. The Kier molecular flexibility index (Phi) is 4.75. The van der Waals surface area contributed by atoms with Gasteiger partial charge in [0.1, 0.15) is 0 Å². The Bertz CT molecular complexity index is 745. The van der Waals surface area contributed by atoms with Crippen molar-refractivity contribution in [3.8, 4) is 0 Å². The molecule has 122 valence electrons. The molecule has 24 heavy (non-hydrogen) atoms. The summed E-state index contributed by atoms with van der Waals surface area (Å²) in [7, 11) is 0. The molecule has 0 saturated heterocycles. The predicted molar refractivity (Wildman–Crippen MR) is 94.3 cm³/mol. The Morgan fingerprint density at radius 2 is 1.67 bits per heavy atom. The van der Waals surface area contributed by atoms with E-state index in [-0.39, 0.29) is 11.9 Å². The summed E-state index contributed by atoms with van der Waals surface area (Å²) < 4.78 is 0. The molecule has 1 fully saturated rings. The number of hydrogen-bond acceptors (Lipinski definition) is 2. The highest BCUT2D eigenvalue weighted by molar-refractivity contribution is 5.94. The number of carbonyl (C=O) groups is 2. The third-order valence-corrected chi connectivity index (χ3v) is 4.38. The lowest BCUT2D eigenvalue weighted by atomic mass is 9.76. The van der Waals surface area contributed by atoms with Crippen molar-refractivity contribution in [2.75, 3.05) is 0 Å². The van der Waals surface area contributed by atoms with Crippen molar-refractivity contribution < 1.29 is 9.59 Å². The Morgan fingerprint density at radius 1 is 1.00 bits per heavy atom. The molecule has 3 N–H and O–H groups in total. The van der Waals surface area contributed by atoms with Gasteiger partial charge >= 0.3 is 0 Å². The van der Waals surface area contributed by atoms with Crippen molar-refractivity contribution in [3.63, 3.8) is 0 Å². The number of hydrogen-bond donors (Lipinski definition) is 2. The lowest BCUT2D eigenvalue weighted by Crippen LogP contribution is -2.42. The van der Waals surface area contributed by atoms with Crippen LogP contribution in [0.2, 0.25) is 0 Å². The molecule has 4 nitrogen and oxygen atoms in total. The van der Waals surface area contributed by atoms with E-state index in [4.69, 9.17) is 5.73 Å². The third-order valence-electron chi connectivity index (χ3n) is 4.38. The molecule has 2 aromatic rings. The Labute approximate surface area is 141 Å². The maximum absolute atomic E-state index is 12.0. The van der Waals surface area contributed by atoms with Crippen LogP contribution in [0.5, 0.6) is 0 Å². The molecule has 0 heterocycles.